The van der Waals surface area contributed by atoms with E-state index in [1.165, 1.54) is 0 Å². The van der Waals surface area contributed by atoms with Crippen molar-refractivity contribution in [3.8, 4) is 0 Å². The van der Waals surface area contributed by atoms with Crippen LogP contribution < -0.4 is 11.1 Å². The van der Waals surface area contributed by atoms with Gasteiger partial charge in [0.2, 0.25) is 5.91 Å². The van der Waals surface area contributed by atoms with Gasteiger partial charge in [-0.15, -0.1) is 0 Å². The van der Waals surface area contributed by atoms with Crippen LogP contribution in [0, 0.1) is 0 Å². The highest BCUT2D eigenvalue weighted by atomic mass is 19.4. The fraction of sp³-hybridized carbons (Fsp3) is 0.929. The van der Waals surface area contributed by atoms with Crippen LogP contribution in [0.5, 0.6) is 0 Å². The van der Waals surface area contributed by atoms with Crippen molar-refractivity contribution in [3.63, 3.8) is 0 Å². The van der Waals surface area contributed by atoms with Crippen molar-refractivity contribution < 1.29 is 18.0 Å². The fourth-order valence-corrected chi connectivity index (χ4v) is 3.08. The van der Waals surface area contributed by atoms with Gasteiger partial charge in [0.25, 0.3) is 0 Å². The predicted molar refractivity (Wildman–Crippen MR) is 75.8 cm³/mol. The topological polar surface area (TPSA) is 58.4 Å². The van der Waals surface area contributed by atoms with Crippen LogP contribution in [0.25, 0.3) is 0 Å². The first-order valence-electron chi connectivity index (χ1n) is 7.61. The zero-order valence-corrected chi connectivity index (χ0v) is 12.6. The van der Waals surface area contributed by atoms with E-state index < -0.39 is 18.6 Å². The van der Waals surface area contributed by atoms with Crippen molar-refractivity contribution in [2.45, 2.75) is 57.2 Å². The van der Waals surface area contributed by atoms with E-state index in [-0.39, 0.29) is 12.1 Å². The lowest BCUT2D eigenvalue weighted by molar-refractivity contribution is -0.140. The lowest BCUT2D eigenvalue weighted by Gasteiger charge is -2.42. The van der Waals surface area contributed by atoms with Gasteiger partial charge in [-0.25, -0.2) is 0 Å². The molecule has 0 spiro atoms. The van der Waals surface area contributed by atoms with E-state index in [0.29, 0.717) is 13.1 Å². The van der Waals surface area contributed by atoms with Gasteiger partial charge in [-0.2, -0.15) is 13.2 Å². The van der Waals surface area contributed by atoms with E-state index in [1.54, 1.807) is 0 Å². The second kappa shape index (κ2) is 7.98. The highest BCUT2D eigenvalue weighted by molar-refractivity contribution is 5.78. The van der Waals surface area contributed by atoms with E-state index in [2.05, 4.69) is 0 Å². The summed E-state index contributed by atoms with van der Waals surface area (Å²) in [4.78, 5) is 13.7. The molecule has 0 atom stereocenters. The number of nitrogens with zero attached hydrogens (tertiary/aromatic N) is 1. The third-order valence-corrected chi connectivity index (χ3v) is 4.29. The van der Waals surface area contributed by atoms with Gasteiger partial charge < -0.3 is 11.1 Å². The lowest BCUT2D eigenvalue weighted by atomic mass is 9.88. The van der Waals surface area contributed by atoms with Crippen molar-refractivity contribution in [2.24, 2.45) is 5.73 Å². The molecule has 1 fully saturated rings. The Morgan fingerprint density at radius 3 is 2.24 bits per heavy atom. The smallest absolute Gasteiger partial charge is 0.346 e. The van der Waals surface area contributed by atoms with Crippen molar-refractivity contribution in [1.29, 1.82) is 0 Å². The molecule has 21 heavy (non-hydrogen) atoms. The van der Waals surface area contributed by atoms with Gasteiger partial charge in [0.15, 0.2) is 0 Å². The van der Waals surface area contributed by atoms with Crippen molar-refractivity contribution >= 4 is 5.91 Å². The van der Waals surface area contributed by atoms with Crippen LogP contribution in [0.2, 0.25) is 0 Å². The Morgan fingerprint density at radius 2 is 1.81 bits per heavy atom. The number of hydrogen-bond acceptors (Lipinski definition) is 3. The first-order valence-corrected chi connectivity index (χ1v) is 7.61. The normalized spacial score (nSPS) is 19.3. The van der Waals surface area contributed by atoms with Gasteiger partial charge in [-0.3, -0.25) is 9.69 Å². The summed E-state index contributed by atoms with van der Waals surface area (Å²) in [6.45, 7) is 1.66. The number of likely N-dealkylation sites (N-methyl/N-ethyl adjacent to an activating group) is 1. The number of nitrogens with one attached hydrogen (secondary N) is 1. The number of alkyl halides is 3. The minimum Gasteiger partial charge on any atom is -0.346 e. The number of amides is 1. The fourth-order valence-electron chi connectivity index (χ4n) is 3.08. The van der Waals surface area contributed by atoms with E-state index >= 15 is 0 Å². The van der Waals surface area contributed by atoms with Crippen molar-refractivity contribution in [2.75, 3.05) is 26.2 Å². The molecule has 7 heteroatoms. The Kier molecular flexibility index (Phi) is 6.93. The minimum atomic E-state index is -4.37. The Bertz CT molecular complexity index is 326. The molecule has 124 valence electrons. The van der Waals surface area contributed by atoms with E-state index in [4.69, 9.17) is 5.73 Å². The molecule has 1 aliphatic rings. The maximum atomic E-state index is 12.1. The number of nitrogens with two attached hydrogens (primary N) is 1. The monoisotopic (exact) mass is 309 g/mol. The lowest BCUT2D eigenvalue weighted by Crippen LogP contribution is -2.56. The molecule has 0 bridgehead atoms. The van der Waals surface area contributed by atoms with Gasteiger partial charge in [-0.05, 0) is 19.4 Å². The summed E-state index contributed by atoms with van der Waals surface area (Å²) in [5, 5.41) is 1.94. The average Bonchev–Trinajstić information content (AvgIpc) is 2.68. The molecule has 0 saturated heterocycles. The number of hydrogen-bond donors (Lipinski definition) is 2. The number of rotatable bonds is 6. The van der Waals surface area contributed by atoms with Crippen molar-refractivity contribution in [3.05, 3.63) is 0 Å². The molecule has 1 rings (SSSR count). The predicted octanol–water partition coefficient (Wildman–Crippen LogP) is 2.04. The summed E-state index contributed by atoms with van der Waals surface area (Å²) in [6.07, 6.45) is 1.85. The summed E-state index contributed by atoms with van der Waals surface area (Å²) in [7, 11) is 0. The van der Waals surface area contributed by atoms with Crippen LogP contribution in [0.15, 0.2) is 0 Å². The number of carbonyl (C=O) groups is 1. The second-order valence-corrected chi connectivity index (χ2v) is 5.75. The molecule has 1 amide bonds. The molecule has 0 aliphatic heterocycles. The van der Waals surface area contributed by atoms with E-state index in [0.717, 1.165) is 38.5 Å². The molecular formula is C14H26F3N3O. The molecule has 0 radical (unpaired) electrons. The quantitative estimate of drug-likeness (QED) is 0.738. The van der Waals surface area contributed by atoms with Gasteiger partial charge >= 0.3 is 6.18 Å². The highest BCUT2D eigenvalue weighted by Crippen LogP contribution is 2.31. The third kappa shape index (κ3) is 5.82. The summed E-state index contributed by atoms with van der Waals surface area (Å²) in [6, 6.07) is 0. The zero-order valence-electron chi connectivity index (χ0n) is 12.6. The van der Waals surface area contributed by atoms with Gasteiger partial charge in [-0.1, -0.05) is 32.6 Å². The van der Waals surface area contributed by atoms with Gasteiger partial charge in [0.1, 0.15) is 6.54 Å². The highest BCUT2D eigenvalue weighted by Gasteiger charge is 2.36. The average molecular weight is 309 g/mol. The largest absolute Gasteiger partial charge is 0.405 e. The molecule has 0 aromatic carbocycles. The second-order valence-electron chi connectivity index (χ2n) is 5.75. The molecule has 0 heterocycles. The molecule has 0 aromatic rings. The number of halogens is 3. The van der Waals surface area contributed by atoms with Crippen LogP contribution in [0.3, 0.4) is 0 Å². The summed E-state index contributed by atoms with van der Waals surface area (Å²) < 4.78 is 36.4. The van der Waals surface area contributed by atoms with Crippen LogP contribution in [-0.4, -0.2) is 48.7 Å². The zero-order chi connectivity index (χ0) is 15.9. The van der Waals surface area contributed by atoms with E-state index in [1.807, 2.05) is 17.1 Å². The molecule has 3 N–H and O–H groups in total. The first kappa shape index (κ1) is 18.2. The Labute approximate surface area is 124 Å². The maximum absolute atomic E-state index is 12.1. The van der Waals surface area contributed by atoms with Gasteiger partial charge in [0.05, 0.1) is 6.54 Å². The van der Waals surface area contributed by atoms with E-state index in [9.17, 15) is 18.0 Å². The third-order valence-electron chi connectivity index (χ3n) is 4.29. The number of carbonyl (C=O) groups excluding carboxylic acids is 1. The molecule has 4 nitrogen and oxygen atoms in total. The molecular weight excluding hydrogens is 283 g/mol. The Balaban J connectivity index is 2.64. The van der Waals surface area contributed by atoms with Gasteiger partial charge in [0, 0.05) is 12.1 Å². The maximum Gasteiger partial charge on any atom is 0.405 e. The standard InChI is InChI=1S/C14H26F3N3O/c1-2-20(9-12(21)19-11-14(15,16)17)13(10-18)7-5-3-4-6-8-13/h2-11,18H2,1H3,(H,19,21). The molecule has 0 unspecified atom stereocenters. The Hall–Kier alpha value is -0.820. The van der Waals surface area contributed by atoms with Crippen molar-refractivity contribution in [1.82, 2.24) is 10.2 Å². The summed E-state index contributed by atoms with van der Waals surface area (Å²) in [5.74, 6) is -0.591. The Morgan fingerprint density at radius 1 is 1.24 bits per heavy atom. The van der Waals surface area contributed by atoms with Crippen LogP contribution >= 0.6 is 0 Å². The van der Waals surface area contributed by atoms with Crippen LogP contribution in [0.1, 0.15) is 45.4 Å². The SMILES string of the molecule is CCN(CC(=O)NCC(F)(F)F)C1(CN)CCCCCC1. The molecule has 0 aromatic heterocycles. The molecule has 1 aliphatic carbocycles. The van der Waals surface area contributed by atoms with Crippen LogP contribution in [-0.2, 0) is 4.79 Å². The molecule has 1 saturated carbocycles. The minimum absolute atomic E-state index is 0.0240. The summed E-state index contributed by atoms with van der Waals surface area (Å²) >= 11 is 0. The van der Waals surface area contributed by atoms with Crippen LogP contribution in [0.4, 0.5) is 13.2 Å². The summed E-state index contributed by atoms with van der Waals surface area (Å²) in [5.41, 5.74) is 5.70. The first-order chi connectivity index (χ1) is 9.83.